The van der Waals surface area contributed by atoms with Crippen LogP contribution in [0.25, 0.3) is 0 Å². The zero-order chi connectivity index (χ0) is 17.8. The standard InChI is InChI=1S/C18H17Cl2NO4/c1-21(9-13-10-23-16-4-2-3-5-17(16)25-13)18(22)11-24-15-7-6-12(19)8-14(15)20/h2-8,13H,9-11H2,1H3. The maximum absolute atomic E-state index is 12.2. The van der Waals surface area contributed by atoms with Crippen molar-refractivity contribution in [2.24, 2.45) is 0 Å². The molecule has 25 heavy (non-hydrogen) atoms. The van der Waals surface area contributed by atoms with Crippen LogP contribution in [-0.4, -0.2) is 43.7 Å². The van der Waals surface area contributed by atoms with Crippen LogP contribution in [0.1, 0.15) is 0 Å². The fourth-order valence-electron chi connectivity index (χ4n) is 2.40. The van der Waals surface area contributed by atoms with Crippen LogP contribution in [0.3, 0.4) is 0 Å². The summed E-state index contributed by atoms with van der Waals surface area (Å²) in [4.78, 5) is 13.8. The Labute approximate surface area is 156 Å². The number of benzene rings is 2. The van der Waals surface area contributed by atoms with Gasteiger partial charge >= 0.3 is 0 Å². The second-order valence-electron chi connectivity index (χ2n) is 5.64. The third kappa shape index (κ3) is 4.50. The van der Waals surface area contributed by atoms with Gasteiger partial charge in [0.05, 0.1) is 11.6 Å². The van der Waals surface area contributed by atoms with Gasteiger partial charge in [-0.3, -0.25) is 4.79 Å². The molecule has 3 rings (SSSR count). The molecule has 1 amide bonds. The van der Waals surface area contributed by atoms with Crippen LogP contribution in [0.2, 0.25) is 10.0 Å². The highest BCUT2D eigenvalue weighted by molar-refractivity contribution is 6.35. The van der Waals surface area contributed by atoms with Crippen molar-refractivity contribution in [3.05, 3.63) is 52.5 Å². The first-order valence-corrected chi connectivity index (χ1v) is 8.49. The number of hydrogen-bond donors (Lipinski definition) is 0. The predicted octanol–water partition coefficient (Wildman–Crippen LogP) is 3.67. The molecule has 1 aliphatic heterocycles. The van der Waals surface area contributed by atoms with Gasteiger partial charge in [-0.1, -0.05) is 35.3 Å². The molecule has 0 saturated heterocycles. The van der Waals surface area contributed by atoms with Crippen molar-refractivity contribution in [2.75, 3.05) is 26.8 Å². The maximum atomic E-state index is 12.2. The first kappa shape index (κ1) is 17.7. The molecule has 0 N–H and O–H groups in total. The number of para-hydroxylation sites is 2. The summed E-state index contributed by atoms with van der Waals surface area (Å²) in [7, 11) is 1.69. The highest BCUT2D eigenvalue weighted by Crippen LogP contribution is 2.31. The van der Waals surface area contributed by atoms with E-state index < -0.39 is 0 Å². The molecule has 7 heteroatoms. The Kier molecular flexibility index (Phi) is 5.56. The number of halogens is 2. The maximum Gasteiger partial charge on any atom is 0.260 e. The number of ether oxygens (including phenoxy) is 3. The van der Waals surface area contributed by atoms with Crippen molar-refractivity contribution in [3.63, 3.8) is 0 Å². The normalized spacial score (nSPS) is 15.6. The van der Waals surface area contributed by atoms with E-state index in [1.807, 2.05) is 24.3 Å². The highest BCUT2D eigenvalue weighted by atomic mass is 35.5. The lowest BCUT2D eigenvalue weighted by molar-refractivity contribution is -0.133. The molecule has 0 saturated carbocycles. The fraction of sp³-hybridized carbons (Fsp3) is 0.278. The molecule has 2 aromatic rings. The summed E-state index contributed by atoms with van der Waals surface area (Å²) < 4.78 is 17.0. The highest BCUT2D eigenvalue weighted by Gasteiger charge is 2.23. The molecule has 2 aromatic carbocycles. The van der Waals surface area contributed by atoms with Crippen molar-refractivity contribution in [2.45, 2.75) is 6.10 Å². The summed E-state index contributed by atoms with van der Waals surface area (Å²) in [5, 5.41) is 0.874. The van der Waals surface area contributed by atoms with Gasteiger partial charge in [0, 0.05) is 12.1 Å². The molecule has 0 aromatic heterocycles. The molecule has 0 aliphatic carbocycles. The summed E-state index contributed by atoms with van der Waals surface area (Å²) in [6, 6.07) is 12.3. The second kappa shape index (κ2) is 7.85. The summed E-state index contributed by atoms with van der Waals surface area (Å²) >= 11 is 11.9. The van der Waals surface area contributed by atoms with E-state index in [1.54, 1.807) is 30.1 Å². The van der Waals surface area contributed by atoms with Gasteiger partial charge in [-0.05, 0) is 30.3 Å². The molecule has 1 heterocycles. The lowest BCUT2D eigenvalue weighted by Crippen LogP contribution is -2.43. The number of amides is 1. The zero-order valence-corrected chi connectivity index (χ0v) is 15.1. The lowest BCUT2D eigenvalue weighted by Gasteiger charge is -2.29. The number of carbonyl (C=O) groups excluding carboxylic acids is 1. The van der Waals surface area contributed by atoms with Gasteiger partial charge in [0.25, 0.3) is 5.91 Å². The van der Waals surface area contributed by atoms with E-state index in [2.05, 4.69) is 0 Å². The Morgan fingerprint density at radius 2 is 2.00 bits per heavy atom. The first-order chi connectivity index (χ1) is 12.0. The van der Waals surface area contributed by atoms with E-state index in [0.717, 1.165) is 0 Å². The number of carbonyl (C=O) groups is 1. The van der Waals surface area contributed by atoms with E-state index >= 15 is 0 Å². The van der Waals surface area contributed by atoms with Gasteiger partial charge in [0.1, 0.15) is 12.4 Å². The van der Waals surface area contributed by atoms with Gasteiger partial charge in [0.2, 0.25) is 0 Å². The summed E-state index contributed by atoms with van der Waals surface area (Å²) in [5.74, 6) is 1.63. The minimum atomic E-state index is -0.233. The molecule has 1 aliphatic rings. The Bertz CT molecular complexity index is 768. The van der Waals surface area contributed by atoms with Crippen molar-refractivity contribution in [1.29, 1.82) is 0 Å². The predicted molar refractivity (Wildman–Crippen MR) is 95.9 cm³/mol. The number of fused-ring (bicyclic) bond motifs is 1. The van der Waals surface area contributed by atoms with Crippen LogP contribution < -0.4 is 14.2 Å². The number of likely N-dealkylation sites (N-methyl/N-ethyl adjacent to an activating group) is 1. The van der Waals surface area contributed by atoms with Crippen molar-refractivity contribution in [3.8, 4) is 17.2 Å². The SMILES string of the molecule is CN(CC1COc2ccccc2O1)C(=O)COc1ccc(Cl)cc1Cl. The quantitative estimate of drug-likeness (QED) is 0.792. The van der Waals surface area contributed by atoms with E-state index in [1.165, 1.54) is 0 Å². The fourth-order valence-corrected chi connectivity index (χ4v) is 2.87. The number of hydrogen-bond acceptors (Lipinski definition) is 4. The van der Waals surface area contributed by atoms with E-state index in [9.17, 15) is 4.79 Å². The minimum Gasteiger partial charge on any atom is -0.486 e. The summed E-state index contributed by atoms with van der Waals surface area (Å²) in [6.45, 7) is 0.658. The second-order valence-corrected chi connectivity index (χ2v) is 6.48. The Balaban J connectivity index is 1.51. The number of nitrogens with zero attached hydrogens (tertiary/aromatic N) is 1. The van der Waals surface area contributed by atoms with Crippen LogP contribution in [0.4, 0.5) is 0 Å². The van der Waals surface area contributed by atoms with E-state index in [4.69, 9.17) is 37.4 Å². The number of rotatable bonds is 5. The average Bonchev–Trinajstić information content (AvgIpc) is 2.60. The zero-order valence-electron chi connectivity index (χ0n) is 13.6. The monoisotopic (exact) mass is 381 g/mol. The molecule has 0 spiro atoms. The topological polar surface area (TPSA) is 48.0 Å². The Morgan fingerprint density at radius 3 is 2.76 bits per heavy atom. The van der Waals surface area contributed by atoms with Crippen LogP contribution >= 0.6 is 23.2 Å². The molecule has 0 bridgehead atoms. The first-order valence-electron chi connectivity index (χ1n) is 7.73. The van der Waals surface area contributed by atoms with Crippen LogP contribution in [-0.2, 0) is 4.79 Å². The van der Waals surface area contributed by atoms with Gasteiger partial charge in [-0.15, -0.1) is 0 Å². The Morgan fingerprint density at radius 1 is 1.24 bits per heavy atom. The van der Waals surface area contributed by atoms with Crippen molar-refractivity contribution < 1.29 is 19.0 Å². The van der Waals surface area contributed by atoms with Gasteiger partial charge in [-0.2, -0.15) is 0 Å². The largest absolute Gasteiger partial charge is 0.486 e. The van der Waals surface area contributed by atoms with Gasteiger partial charge in [-0.25, -0.2) is 0 Å². The van der Waals surface area contributed by atoms with Crippen molar-refractivity contribution in [1.82, 2.24) is 4.90 Å². The molecule has 132 valence electrons. The third-order valence-electron chi connectivity index (χ3n) is 3.72. The van der Waals surface area contributed by atoms with Gasteiger partial charge in [0.15, 0.2) is 24.2 Å². The van der Waals surface area contributed by atoms with Crippen LogP contribution in [0.5, 0.6) is 17.2 Å². The Hall–Kier alpha value is -2.11. The molecule has 1 atom stereocenters. The summed E-state index contributed by atoms with van der Waals surface area (Å²) in [6.07, 6.45) is -0.233. The average molecular weight is 382 g/mol. The molecular weight excluding hydrogens is 365 g/mol. The molecule has 0 fully saturated rings. The lowest BCUT2D eigenvalue weighted by atomic mass is 10.2. The molecule has 0 radical (unpaired) electrons. The smallest absolute Gasteiger partial charge is 0.260 e. The van der Waals surface area contributed by atoms with Crippen molar-refractivity contribution >= 4 is 29.1 Å². The third-order valence-corrected chi connectivity index (χ3v) is 4.25. The van der Waals surface area contributed by atoms with Crippen LogP contribution in [0, 0.1) is 0 Å². The van der Waals surface area contributed by atoms with E-state index in [-0.39, 0.29) is 18.6 Å². The molecular formula is C18H17Cl2NO4. The van der Waals surface area contributed by atoms with E-state index in [0.29, 0.717) is 40.4 Å². The molecule has 1 unspecified atom stereocenters. The molecule has 5 nitrogen and oxygen atoms in total. The van der Waals surface area contributed by atoms with Gasteiger partial charge < -0.3 is 19.1 Å². The minimum absolute atomic E-state index is 0.123. The summed E-state index contributed by atoms with van der Waals surface area (Å²) in [5.41, 5.74) is 0. The van der Waals surface area contributed by atoms with Crippen LogP contribution in [0.15, 0.2) is 42.5 Å².